The standard InChI is InChI=1S/C11H13ClFNO2/c1-2-9(12)5-3-8-4-6-11(14(15)16)10(13)7-8/h4,6-7,9H,2-3,5H2,1H3. The lowest BCUT2D eigenvalue weighted by molar-refractivity contribution is -0.387. The number of halogens is 2. The van der Waals surface area contributed by atoms with Gasteiger partial charge in [0.25, 0.3) is 0 Å². The topological polar surface area (TPSA) is 43.1 Å². The molecule has 0 heterocycles. The van der Waals surface area contributed by atoms with Gasteiger partial charge in [-0.25, -0.2) is 0 Å². The normalized spacial score (nSPS) is 12.4. The third kappa shape index (κ3) is 3.45. The van der Waals surface area contributed by atoms with Gasteiger partial charge in [-0.05, 0) is 30.9 Å². The minimum absolute atomic E-state index is 0.0678. The molecule has 1 atom stereocenters. The van der Waals surface area contributed by atoms with Gasteiger partial charge >= 0.3 is 5.69 Å². The molecule has 16 heavy (non-hydrogen) atoms. The molecule has 0 aliphatic carbocycles. The van der Waals surface area contributed by atoms with E-state index in [1.54, 1.807) is 6.07 Å². The molecular weight excluding hydrogens is 233 g/mol. The smallest absolute Gasteiger partial charge is 0.258 e. The molecule has 1 aromatic rings. The summed E-state index contributed by atoms with van der Waals surface area (Å²) in [7, 11) is 0. The molecule has 0 saturated heterocycles. The summed E-state index contributed by atoms with van der Waals surface area (Å²) in [5.41, 5.74) is 0.254. The molecule has 5 heteroatoms. The number of hydrogen-bond donors (Lipinski definition) is 0. The molecule has 88 valence electrons. The van der Waals surface area contributed by atoms with Gasteiger partial charge in [-0.2, -0.15) is 4.39 Å². The minimum atomic E-state index is -0.787. The third-order valence-corrected chi connectivity index (χ3v) is 2.92. The SMILES string of the molecule is CCC(Cl)CCc1ccc([N+](=O)[O-])c(F)c1. The van der Waals surface area contributed by atoms with Crippen LogP contribution in [-0.2, 0) is 6.42 Å². The molecule has 0 amide bonds. The van der Waals surface area contributed by atoms with Crippen molar-refractivity contribution < 1.29 is 9.31 Å². The molecule has 0 aliphatic rings. The molecule has 0 saturated carbocycles. The zero-order valence-electron chi connectivity index (χ0n) is 8.95. The third-order valence-electron chi connectivity index (χ3n) is 2.40. The fraction of sp³-hybridized carbons (Fsp3) is 0.455. The number of rotatable bonds is 5. The van der Waals surface area contributed by atoms with Gasteiger partial charge in [0.05, 0.1) is 4.92 Å². The molecule has 0 aromatic heterocycles. The van der Waals surface area contributed by atoms with Crippen molar-refractivity contribution in [1.29, 1.82) is 0 Å². The highest BCUT2D eigenvalue weighted by atomic mass is 35.5. The summed E-state index contributed by atoms with van der Waals surface area (Å²) in [5.74, 6) is -0.787. The monoisotopic (exact) mass is 245 g/mol. The maximum atomic E-state index is 13.2. The lowest BCUT2D eigenvalue weighted by Crippen LogP contribution is -2.00. The van der Waals surface area contributed by atoms with E-state index in [1.807, 2.05) is 6.92 Å². The van der Waals surface area contributed by atoms with E-state index in [0.29, 0.717) is 6.42 Å². The van der Waals surface area contributed by atoms with Crippen LogP contribution in [0.1, 0.15) is 25.3 Å². The lowest BCUT2D eigenvalue weighted by Gasteiger charge is -2.06. The summed E-state index contributed by atoms with van der Waals surface area (Å²) in [4.78, 5) is 9.66. The van der Waals surface area contributed by atoms with Crippen molar-refractivity contribution >= 4 is 17.3 Å². The largest absolute Gasteiger partial charge is 0.304 e. The van der Waals surface area contributed by atoms with Crippen molar-refractivity contribution in [3.63, 3.8) is 0 Å². The van der Waals surface area contributed by atoms with Crippen molar-refractivity contribution in [2.75, 3.05) is 0 Å². The second-order valence-corrected chi connectivity index (χ2v) is 4.20. The van der Waals surface area contributed by atoms with Crippen molar-refractivity contribution in [2.45, 2.75) is 31.6 Å². The Bertz CT molecular complexity index is 384. The number of benzene rings is 1. The van der Waals surface area contributed by atoms with Crippen LogP contribution in [0.15, 0.2) is 18.2 Å². The first kappa shape index (κ1) is 12.9. The van der Waals surface area contributed by atoms with Gasteiger partial charge in [0.15, 0.2) is 0 Å². The number of hydrogen-bond acceptors (Lipinski definition) is 2. The molecule has 0 radical (unpaired) electrons. The van der Waals surface area contributed by atoms with Crippen LogP contribution in [-0.4, -0.2) is 10.3 Å². The van der Waals surface area contributed by atoms with Crippen LogP contribution in [0.4, 0.5) is 10.1 Å². The summed E-state index contributed by atoms with van der Waals surface area (Å²) < 4.78 is 13.2. The van der Waals surface area contributed by atoms with Crippen molar-refractivity contribution in [1.82, 2.24) is 0 Å². The van der Waals surface area contributed by atoms with Crippen molar-refractivity contribution in [2.24, 2.45) is 0 Å². The van der Waals surface area contributed by atoms with E-state index < -0.39 is 16.4 Å². The van der Waals surface area contributed by atoms with Crippen molar-refractivity contribution in [3.05, 3.63) is 39.7 Å². The van der Waals surface area contributed by atoms with Crippen LogP contribution >= 0.6 is 11.6 Å². The first-order chi connectivity index (χ1) is 7.54. The number of nitro groups is 1. The maximum Gasteiger partial charge on any atom is 0.304 e. The van der Waals surface area contributed by atoms with Crippen LogP contribution in [0.2, 0.25) is 0 Å². The van der Waals surface area contributed by atoms with Gasteiger partial charge in [-0.15, -0.1) is 11.6 Å². The van der Waals surface area contributed by atoms with Gasteiger partial charge < -0.3 is 0 Å². The zero-order valence-corrected chi connectivity index (χ0v) is 9.71. The van der Waals surface area contributed by atoms with E-state index >= 15 is 0 Å². The van der Waals surface area contributed by atoms with E-state index in [0.717, 1.165) is 18.4 Å². The van der Waals surface area contributed by atoms with E-state index in [1.165, 1.54) is 12.1 Å². The predicted octanol–water partition coefficient (Wildman–Crippen LogP) is 3.68. The Morgan fingerprint density at radius 3 is 2.75 bits per heavy atom. The molecule has 0 bridgehead atoms. The first-order valence-electron chi connectivity index (χ1n) is 5.11. The van der Waals surface area contributed by atoms with Gasteiger partial charge in [0, 0.05) is 11.4 Å². The zero-order chi connectivity index (χ0) is 12.1. The number of alkyl halides is 1. The molecule has 0 N–H and O–H groups in total. The number of aryl methyl sites for hydroxylation is 1. The molecule has 0 aliphatic heterocycles. The highest BCUT2D eigenvalue weighted by Crippen LogP contribution is 2.20. The summed E-state index contributed by atoms with van der Waals surface area (Å²) in [6, 6.07) is 3.97. The second-order valence-electron chi connectivity index (χ2n) is 3.59. The highest BCUT2D eigenvalue weighted by Gasteiger charge is 2.13. The molecular formula is C11H13ClFNO2. The minimum Gasteiger partial charge on any atom is -0.258 e. The Morgan fingerprint density at radius 1 is 1.56 bits per heavy atom. The average molecular weight is 246 g/mol. The Morgan fingerprint density at radius 2 is 2.25 bits per heavy atom. The molecule has 0 spiro atoms. The van der Waals surface area contributed by atoms with Gasteiger partial charge in [0.1, 0.15) is 0 Å². The van der Waals surface area contributed by atoms with Gasteiger partial charge in [-0.3, -0.25) is 10.1 Å². The summed E-state index contributed by atoms with van der Waals surface area (Å²) in [6.07, 6.45) is 2.24. The van der Waals surface area contributed by atoms with E-state index in [4.69, 9.17) is 11.6 Å². The second kappa shape index (κ2) is 5.80. The Labute approximate surface area is 98.4 Å². The summed E-state index contributed by atoms with van der Waals surface area (Å²) in [6.45, 7) is 1.98. The molecule has 1 aromatic carbocycles. The van der Waals surface area contributed by atoms with E-state index in [2.05, 4.69) is 0 Å². The van der Waals surface area contributed by atoms with Gasteiger partial charge in [0.2, 0.25) is 5.82 Å². The maximum absolute atomic E-state index is 13.2. The summed E-state index contributed by atoms with van der Waals surface area (Å²) in [5, 5.41) is 10.5. The molecule has 3 nitrogen and oxygen atoms in total. The highest BCUT2D eigenvalue weighted by molar-refractivity contribution is 6.20. The fourth-order valence-corrected chi connectivity index (χ4v) is 1.49. The fourth-order valence-electron chi connectivity index (χ4n) is 1.38. The molecule has 1 unspecified atom stereocenters. The van der Waals surface area contributed by atoms with Crippen molar-refractivity contribution in [3.8, 4) is 0 Å². The molecule has 1 rings (SSSR count). The van der Waals surface area contributed by atoms with Crippen LogP contribution in [0, 0.1) is 15.9 Å². The molecule has 0 fully saturated rings. The summed E-state index contributed by atoms with van der Waals surface area (Å²) >= 11 is 5.93. The lowest BCUT2D eigenvalue weighted by atomic mass is 10.1. The van der Waals surface area contributed by atoms with Crippen LogP contribution < -0.4 is 0 Å². The average Bonchev–Trinajstić information content (AvgIpc) is 2.25. The van der Waals surface area contributed by atoms with E-state index in [9.17, 15) is 14.5 Å². The number of nitro benzene ring substituents is 1. The Kier molecular flexibility index (Phi) is 4.68. The Hall–Kier alpha value is -1.16. The van der Waals surface area contributed by atoms with Crippen LogP contribution in [0.25, 0.3) is 0 Å². The Balaban J connectivity index is 2.70. The predicted molar refractivity (Wildman–Crippen MR) is 61.3 cm³/mol. The van der Waals surface area contributed by atoms with Crippen LogP contribution in [0.5, 0.6) is 0 Å². The van der Waals surface area contributed by atoms with Crippen LogP contribution in [0.3, 0.4) is 0 Å². The first-order valence-corrected chi connectivity index (χ1v) is 5.55. The number of nitrogens with zero attached hydrogens (tertiary/aromatic N) is 1. The van der Waals surface area contributed by atoms with E-state index in [-0.39, 0.29) is 5.38 Å². The quantitative estimate of drug-likeness (QED) is 0.451. The van der Waals surface area contributed by atoms with Gasteiger partial charge in [-0.1, -0.05) is 13.0 Å².